The maximum atomic E-state index is 12.6. The Balaban J connectivity index is 1.49. The molecule has 10 heteroatoms. The third kappa shape index (κ3) is 4.06. The molecule has 0 bridgehead atoms. The maximum absolute atomic E-state index is 12.6. The van der Waals surface area contributed by atoms with Crippen molar-refractivity contribution in [1.82, 2.24) is 30.0 Å². The number of aromatic nitrogens is 6. The van der Waals surface area contributed by atoms with Crippen molar-refractivity contribution in [3.05, 3.63) is 71.9 Å². The summed E-state index contributed by atoms with van der Waals surface area (Å²) in [7, 11) is 0. The van der Waals surface area contributed by atoms with Gasteiger partial charge in [0.1, 0.15) is 11.6 Å². The lowest BCUT2D eigenvalue weighted by Gasteiger charge is -2.09. The van der Waals surface area contributed by atoms with Crippen LogP contribution in [0, 0.1) is 18.3 Å². The zero-order chi connectivity index (χ0) is 20.9. The van der Waals surface area contributed by atoms with Crippen LogP contribution in [0.15, 0.2) is 66.0 Å². The van der Waals surface area contributed by atoms with E-state index in [1.807, 2.05) is 61.5 Å². The Kier molecular flexibility index (Phi) is 5.54. The number of aryl methyl sites for hydroxylation is 1. The van der Waals surface area contributed by atoms with Gasteiger partial charge in [-0.3, -0.25) is 4.79 Å². The Labute approximate surface area is 176 Å². The molecule has 2 aromatic heterocycles. The number of carbonyl (C=O) groups is 1. The minimum Gasteiger partial charge on any atom is -0.309 e. The molecule has 148 valence electrons. The van der Waals surface area contributed by atoms with Gasteiger partial charge >= 0.3 is 0 Å². The standard InChI is InChI=1S/C20H16N8OS/c1-14-6-5-9-17(10-14)28-20(24-25-26-28)30-13-18(29)23-19-15(11-21)12-22-27(19)16-7-3-2-4-8-16/h2-10,12H,13H2,1H3,(H,23,29). The minimum absolute atomic E-state index is 0.0665. The second kappa shape index (κ2) is 8.59. The van der Waals surface area contributed by atoms with Crippen molar-refractivity contribution in [1.29, 1.82) is 5.26 Å². The highest BCUT2D eigenvalue weighted by Crippen LogP contribution is 2.22. The Hall–Kier alpha value is -3.97. The summed E-state index contributed by atoms with van der Waals surface area (Å²) in [5, 5.41) is 28.6. The number of hydrogen-bond donors (Lipinski definition) is 1. The Bertz CT molecular complexity index is 1230. The number of para-hydroxylation sites is 1. The number of amides is 1. The summed E-state index contributed by atoms with van der Waals surface area (Å²) in [4.78, 5) is 12.6. The van der Waals surface area contributed by atoms with E-state index in [9.17, 15) is 10.1 Å². The number of benzene rings is 2. The topological polar surface area (TPSA) is 114 Å². The predicted octanol–water partition coefficient (Wildman–Crippen LogP) is 2.76. The van der Waals surface area contributed by atoms with E-state index in [1.165, 1.54) is 22.6 Å². The molecule has 0 saturated carbocycles. The Morgan fingerprint density at radius 2 is 1.93 bits per heavy atom. The van der Waals surface area contributed by atoms with E-state index < -0.39 is 0 Å². The second-order valence-corrected chi connectivity index (χ2v) is 7.26. The van der Waals surface area contributed by atoms with Gasteiger partial charge in [-0.25, -0.2) is 4.68 Å². The zero-order valence-electron chi connectivity index (χ0n) is 15.9. The molecule has 2 aromatic carbocycles. The highest BCUT2D eigenvalue weighted by molar-refractivity contribution is 7.99. The quantitative estimate of drug-likeness (QED) is 0.481. The fourth-order valence-corrected chi connectivity index (χ4v) is 3.50. The van der Waals surface area contributed by atoms with Gasteiger partial charge in [-0.2, -0.15) is 15.0 Å². The van der Waals surface area contributed by atoms with Crippen molar-refractivity contribution in [3.8, 4) is 17.4 Å². The molecule has 0 saturated heterocycles. The summed E-state index contributed by atoms with van der Waals surface area (Å²) >= 11 is 1.20. The molecule has 0 aliphatic carbocycles. The minimum atomic E-state index is -0.298. The number of thioether (sulfide) groups is 1. The van der Waals surface area contributed by atoms with Gasteiger partial charge in [-0.1, -0.05) is 42.1 Å². The first-order valence-electron chi connectivity index (χ1n) is 8.97. The third-order valence-corrected chi connectivity index (χ3v) is 5.09. The number of rotatable bonds is 6. The van der Waals surface area contributed by atoms with Crippen LogP contribution in [-0.4, -0.2) is 41.6 Å². The average Bonchev–Trinajstić information content (AvgIpc) is 3.39. The number of tetrazole rings is 1. The van der Waals surface area contributed by atoms with E-state index in [-0.39, 0.29) is 17.2 Å². The van der Waals surface area contributed by atoms with Crippen LogP contribution in [0.2, 0.25) is 0 Å². The summed E-state index contributed by atoms with van der Waals surface area (Å²) < 4.78 is 3.11. The molecular formula is C20H16N8OS. The first-order chi connectivity index (χ1) is 14.7. The number of hydrogen-bond acceptors (Lipinski definition) is 7. The molecule has 0 aliphatic rings. The van der Waals surface area contributed by atoms with Crippen molar-refractivity contribution < 1.29 is 4.79 Å². The Morgan fingerprint density at radius 1 is 1.13 bits per heavy atom. The van der Waals surface area contributed by atoms with Crippen LogP contribution in [0.25, 0.3) is 11.4 Å². The van der Waals surface area contributed by atoms with Crippen LogP contribution in [0.3, 0.4) is 0 Å². The highest BCUT2D eigenvalue weighted by Gasteiger charge is 2.17. The van der Waals surface area contributed by atoms with E-state index in [1.54, 1.807) is 4.68 Å². The van der Waals surface area contributed by atoms with Gasteiger partial charge in [0.2, 0.25) is 11.1 Å². The van der Waals surface area contributed by atoms with Crippen LogP contribution >= 0.6 is 11.8 Å². The van der Waals surface area contributed by atoms with E-state index in [4.69, 9.17) is 0 Å². The van der Waals surface area contributed by atoms with Crippen LogP contribution in [0.5, 0.6) is 0 Å². The van der Waals surface area contributed by atoms with Gasteiger partial charge in [0.25, 0.3) is 0 Å². The largest absolute Gasteiger partial charge is 0.309 e. The van der Waals surface area contributed by atoms with Crippen molar-refractivity contribution >= 4 is 23.5 Å². The molecule has 30 heavy (non-hydrogen) atoms. The fraction of sp³-hybridized carbons (Fsp3) is 0.100. The molecule has 0 unspecified atom stereocenters. The molecule has 9 nitrogen and oxygen atoms in total. The van der Waals surface area contributed by atoms with Gasteiger partial charge in [-0.15, -0.1) is 5.10 Å². The number of nitrogens with one attached hydrogen (secondary N) is 1. The molecule has 4 aromatic rings. The van der Waals surface area contributed by atoms with Gasteiger partial charge < -0.3 is 5.32 Å². The molecule has 1 N–H and O–H groups in total. The monoisotopic (exact) mass is 416 g/mol. The molecule has 0 aliphatic heterocycles. The first kappa shape index (κ1) is 19.4. The SMILES string of the molecule is Cc1cccc(-n2nnnc2SCC(=O)Nc2c(C#N)cnn2-c2ccccc2)c1. The first-order valence-corrected chi connectivity index (χ1v) is 9.96. The number of nitriles is 1. The van der Waals surface area contributed by atoms with Gasteiger partial charge in [0.05, 0.1) is 23.3 Å². The van der Waals surface area contributed by atoms with Gasteiger partial charge in [0.15, 0.2) is 5.82 Å². The predicted molar refractivity (Wildman–Crippen MR) is 112 cm³/mol. The molecule has 0 radical (unpaired) electrons. The normalized spacial score (nSPS) is 10.5. The highest BCUT2D eigenvalue weighted by atomic mass is 32.2. The van der Waals surface area contributed by atoms with Crippen molar-refractivity contribution in [2.24, 2.45) is 0 Å². The smallest absolute Gasteiger partial charge is 0.236 e. The summed E-state index contributed by atoms with van der Waals surface area (Å²) in [6.45, 7) is 1.98. The van der Waals surface area contributed by atoms with Crippen molar-refractivity contribution in [2.75, 3.05) is 11.1 Å². The average molecular weight is 416 g/mol. The van der Waals surface area contributed by atoms with E-state index in [2.05, 4.69) is 32.0 Å². The lowest BCUT2D eigenvalue weighted by atomic mass is 10.2. The van der Waals surface area contributed by atoms with Crippen LogP contribution in [-0.2, 0) is 4.79 Å². The number of nitrogens with zero attached hydrogens (tertiary/aromatic N) is 7. The lowest BCUT2D eigenvalue weighted by Crippen LogP contribution is -2.18. The summed E-state index contributed by atoms with van der Waals surface area (Å²) in [6, 6.07) is 19.1. The summed E-state index contributed by atoms with van der Waals surface area (Å²) in [5.41, 5.74) is 2.92. The van der Waals surface area contributed by atoms with Gasteiger partial charge in [0, 0.05) is 0 Å². The molecule has 4 rings (SSSR count). The molecule has 0 fully saturated rings. The van der Waals surface area contributed by atoms with E-state index >= 15 is 0 Å². The zero-order valence-corrected chi connectivity index (χ0v) is 16.7. The van der Waals surface area contributed by atoms with E-state index in [0.29, 0.717) is 11.0 Å². The third-order valence-electron chi connectivity index (χ3n) is 4.17. The molecule has 0 spiro atoms. The van der Waals surface area contributed by atoms with Crippen LogP contribution in [0.1, 0.15) is 11.1 Å². The molecular weight excluding hydrogens is 400 g/mol. The number of carbonyl (C=O) groups excluding carboxylic acids is 1. The molecule has 0 atom stereocenters. The maximum Gasteiger partial charge on any atom is 0.236 e. The summed E-state index contributed by atoms with van der Waals surface area (Å²) in [5.74, 6) is 0.0948. The molecule has 1 amide bonds. The van der Waals surface area contributed by atoms with Gasteiger partial charge in [-0.05, 0) is 47.2 Å². The number of anilines is 1. The second-order valence-electron chi connectivity index (χ2n) is 6.32. The van der Waals surface area contributed by atoms with Crippen molar-refractivity contribution in [3.63, 3.8) is 0 Å². The van der Waals surface area contributed by atoms with Crippen LogP contribution < -0.4 is 5.32 Å². The van der Waals surface area contributed by atoms with Crippen LogP contribution in [0.4, 0.5) is 5.82 Å². The summed E-state index contributed by atoms with van der Waals surface area (Å²) in [6.07, 6.45) is 1.42. The Morgan fingerprint density at radius 3 is 2.70 bits per heavy atom. The lowest BCUT2D eigenvalue weighted by molar-refractivity contribution is -0.113. The van der Waals surface area contributed by atoms with E-state index in [0.717, 1.165) is 16.9 Å². The van der Waals surface area contributed by atoms with Crippen molar-refractivity contribution in [2.45, 2.75) is 12.1 Å². The fourth-order valence-electron chi connectivity index (χ4n) is 2.80. The molecule has 2 heterocycles.